The number of hydrogen-bond acceptors (Lipinski definition) is 9. The molecule has 0 saturated heterocycles. The first-order valence-electron chi connectivity index (χ1n) is 17.0. The molecule has 0 bridgehead atoms. The molecule has 0 aliphatic rings. The molecule has 9 nitrogen and oxygen atoms in total. The van der Waals surface area contributed by atoms with Gasteiger partial charge < -0.3 is 39.7 Å². The Hall–Kier alpha value is -2.37. The molecule has 5 N–H and O–H groups in total. The molecule has 266 valence electrons. The monoisotopic (exact) mass is 660 g/mol. The average molecular weight is 661 g/mol. The summed E-state index contributed by atoms with van der Waals surface area (Å²) in [5, 5.41) is 54.4. The molecule has 0 fully saturated rings. The molecule has 9 heteroatoms. The zero-order chi connectivity index (χ0) is 35.1. The standard InChI is InChI=1S/C38H60O9/c1-24(35(41)28(5)36(42)25(2)20-47-23-31-14-17-33(45-7)18-15-31)13-16-32(39)19-34(40)27(4)38(44)29(6)37(43)26(3)21-46-22-30-11-9-8-10-12-30/h8-12,14-15,17-18,24-29,34-38,40-44H,13,16,19-23H2,1-7H3/t24-,25-,26-,27+,28+,29+,34+,35-,36-,37-,38-/m0/s1. The molecular weight excluding hydrogens is 600 g/mol. The van der Waals surface area contributed by atoms with E-state index in [-0.39, 0.29) is 36.4 Å². The second kappa shape index (κ2) is 20.9. The fraction of sp³-hybridized carbons (Fsp3) is 0.658. The first kappa shape index (κ1) is 40.8. The van der Waals surface area contributed by atoms with Crippen molar-refractivity contribution in [1.29, 1.82) is 0 Å². The van der Waals surface area contributed by atoms with Crippen LogP contribution in [0.5, 0.6) is 5.75 Å². The summed E-state index contributed by atoms with van der Waals surface area (Å²) in [7, 11) is 1.61. The summed E-state index contributed by atoms with van der Waals surface area (Å²) < 4.78 is 16.7. The number of ether oxygens (including phenoxy) is 3. The average Bonchev–Trinajstić information content (AvgIpc) is 3.08. The highest BCUT2D eigenvalue weighted by Gasteiger charge is 2.35. The van der Waals surface area contributed by atoms with Crippen LogP contribution in [0.4, 0.5) is 0 Å². The number of carbonyl (C=O) groups is 1. The molecule has 0 aliphatic heterocycles. The van der Waals surface area contributed by atoms with E-state index in [1.54, 1.807) is 27.9 Å². The zero-order valence-corrected chi connectivity index (χ0v) is 29.4. The van der Waals surface area contributed by atoms with Crippen molar-refractivity contribution in [3.8, 4) is 5.75 Å². The number of rotatable bonds is 23. The smallest absolute Gasteiger partial charge is 0.135 e. The van der Waals surface area contributed by atoms with Gasteiger partial charge in [-0.2, -0.15) is 0 Å². The molecule has 0 amide bonds. The summed E-state index contributed by atoms with van der Waals surface area (Å²) in [5.41, 5.74) is 2.03. The zero-order valence-electron chi connectivity index (χ0n) is 29.4. The Morgan fingerprint density at radius 2 is 1.09 bits per heavy atom. The molecule has 2 rings (SSSR count). The van der Waals surface area contributed by atoms with Crippen LogP contribution in [-0.4, -0.2) is 82.2 Å². The van der Waals surface area contributed by atoms with E-state index in [0.29, 0.717) is 32.8 Å². The molecule has 0 unspecified atom stereocenters. The second-order valence-electron chi connectivity index (χ2n) is 13.7. The first-order chi connectivity index (χ1) is 22.3. The minimum absolute atomic E-state index is 0.125. The van der Waals surface area contributed by atoms with Gasteiger partial charge >= 0.3 is 0 Å². The van der Waals surface area contributed by atoms with Gasteiger partial charge in [-0.25, -0.2) is 0 Å². The van der Waals surface area contributed by atoms with E-state index in [0.717, 1.165) is 16.9 Å². The summed E-state index contributed by atoms with van der Waals surface area (Å²) in [4.78, 5) is 12.8. The van der Waals surface area contributed by atoms with Crippen LogP contribution in [0.3, 0.4) is 0 Å². The minimum atomic E-state index is -1.07. The van der Waals surface area contributed by atoms with Gasteiger partial charge in [0.15, 0.2) is 0 Å². The molecule has 11 atom stereocenters. The fourth-order valence-corrected chi connectivity index (χ4v) is 5.96. The van der Waals surface area contributed by atoms with Crippen molar-refractivity contribution >= 4 is 5.78 Å². The van der Waals surface area contributed by atoms with Crippen molar-refractivity contribution in [1.82, 2.24) is 0 Å². The molecule has 2 aromatic rings. The number of Topliss-reactive ketones (excluding diaryl/α,β-unsaturated/α-hetero) is 1. The Labute approximate surface area is 281 Å². The molecule has 2 aromatic carbocycles. The Morgan fingerprint density at radius 3 is 1.60 bits per heavy atom. The van der Waals surface area contributed by atoms with Crippen molar-refractivity contribution in [2.24, 2.45) is 35.5 Å². The summed E-state index contributed by atoms with van der Waals surface area (Å²) in [6.45, 7) is 12.3. The maximum absolute atomic E-state index is 12.8. The van der Waals surface area contributed by atoms with Gasteiger partial charge in [-0.1, -0.05) is 84.0 Å². The van der Waals surface area contributed by atoms with Crippen molar-refractivity contribution in [2.45, 2.75) is 105 Å². The third-order valence-corrected chi connectivity index (χ3v) is 9.67. The topological polar surface area (TPSA) is 146 Å². The number of hydrogen-bond donors (Lipinski definition) is 5. The van der Waals surface area contributed by atoms with Gasteiger partial charge in [0, 0.05) is 42.4 Å². The minimum Gasteiger partial charge on any atom is -0.497 e. The molecular formula is C38H60O9. The van der Waals surface area contributed by atoms with Gasteiger partial charge in [0.2, 0.25) is 0 Å². The number of benzene rings is 2. The van der Waals surface area contributed by atoms with Gasteiger partial charge in [0.05, 0.1) is 64.1 Å². The van der Waals surface area contributed by atoms with Crippen molar-refractivity contribution in [2.75, 3.05) is 20.3 Å². The lowest BCUT2D eigenvalue weighted by Gasteiger charge is -2.33. The number of ketones is 1. The quantitative estimate of drug-likeness (QED) is 0.114. The maximum Gasteiger partial charge on any atom is 0.135 e. The number of aliphatic hydroxyl groups is 5. The van der Waals surface area contributed by atoms with E-state index in [1.807, 2.05) is 75.4 Å². The van der Waals surface area contributed by atoms with Crippen LogP contribution >= 0.6 is 0 Å². The second-order valence-corrected chi connectivity index (χ2v) is 13.7. The molecule has 0 radical (unpaired) electrons. The van der Waals surface area contributed by atoms with Crippen LogP contribution in [0.15, 0.2) is 54.6 Å². The van der Waals surface area contributed by atoms with Gasteiger partial charge in [-0.05, 0) is 35.6 Å². The van der Waals surface area contributed by atoms with Gasteiger partial charge in [-0.15, -0.1) is 0 Å². The van der Waals surface area contributed by atoms with Crippen molar-refractivity contribution in [3.05, 3.63) is 65.7 Å². The summed E-state index contributed by atoms with van der Waals surface area (Å²) in [6.07, 6.45) is -4.12. The van der Waals surface area contributed by atoms with Crippen LogP contribution in [-0.2, 0) is 27.5 Å². The molecule has 47 heavy (non-hydrogen) atoms. The SMILES string of the molecule is COc1ccc(COC[C@H](C)[C@H](O)[C@H](C)[C@@H](O)[C@@H](C)CCC(=O)C[C@@H](O)[C@@H](C)[C@H](O)[C@H](C)[C@@H](O)[C@@H](C)COCc2ccccc2)cc1. The summed E-state index contributed by atoms with van der Waals surface area (Å²) >= 11 is 0. The highest BCUT2D eigenvalue weighted by Crippen LogP contribution is 2.27. The van der Waals surface area contributed by atoms with Crippen LogP contribution < -0.4 is 4.74 Å². The fourth-order valence-electron chi connectivity index (χ4n) is 5.96. The Balaban J connectivity index is 1.73. The maximum atomic E-state index is 12.8. The molecule has 0 saturated carbocycles. The van der Waals surface area contributed by atoms with Crippen molar-refractivity contribution in [3.63, 3.8) is 0 Å². The number of carbonyl (C=O) groups excluding carboxylic acids is 1. The predicted octanol–water partition coefficient (Wildman–Crippen LogP) is 4.79. The highest BCUT2D eigenvalue weighted by atomic mass is 16.5. The van der Waals surface area contributed by atoms with Crippen LogP contribution in [0.1, 0.15) is 71.9 Å². The third-order valence-electron chi connectivity index (χ3n) is 9.67. The molecule has 0 heterocycles. The van der Waals surface area contributed by atoms with E-state index in [2.05, 4.69) is 0 Å². The summed E-state index contributed by atoms with van der Waals surface area (Å²) in [5.74, 6) is -1.69. The molecule has 0 aliphatic carbocycles. The molecule has 0 aromatic heterocycles. The highest BCUT2D eigenvalue weighted by molar-refractivity contribution is 5.78. The Morgan fingerprint density at radius 1 is 0.617 bits per heavy atom. The predicted molar refractivity (Wildman–Crippen MR) is 183 cm³/mol. The lowest BCUT2D eigenvalue weighted by atomic mass is 9.80. The van der Waals surface area contributed by atoms with E-state index >= 15 is 0 Å². The van der Waals surface area contributed by atoms with E-state index in [4.69, 9.17) is 14.2 Å². The first-order valence-corrected chi connectivity index (χ1v) is 17.0. The lowest BCUT2D eigenvalue weighted by Crippen LogP contribution is -2.42. The van der Waals surface area contributed by atoms with Crippen LogP contribution in [0, 0.1) is 35.5 Å². The van der Waals surface area contributed by atoms with Gasteiger partial charge in [0.25, 0.3) is 0 Å². The van der Waals surface area contributed by atoms with Gasteiger partial charge in [-0.3, -0.25) is 4.79 Å². The number of aliphatic hydroxyl groups excluding tert-OH is 5. The Kier molecular flexibility index (Phi) is 18.1. The van der Waals surface area contributed by atoms with Crippen LogP contribution in [0.25, 0.3) is 0 Å². The lowest BCUT2D eigenvalue weighted by molar-refractivity contribution is -0.124. The number of methoxy groups -OCH3 is 1. The van der Waals surface area contributed by atoms with Gasteiger partial charge in [0.1, 0.15) is 11.5 Å². The van der Waals surface area contributed by atoms with Crippen molar-refractivity contribution < 1.29 is 44.5 Å². The third kappa shape index (κ3) is 13.6. The largest absolute Gasteiger partial charge is 0.497 e. The Bertz CT molecular complexity index is 1130. The molecule has 0 spiro atoms. The van der Waals surface area contributed by atoms with E-state index in [9.17, 15) is 30.3 Å². The normalized spacial score (nSPS) is 19.0. The van der Waals surface area contributed by atoms with E-state index < -0.39 is 48.3 Å². The van der Waals surface area contributed by atoms with Crippen LogP contribution in [0.2, 0.25) is 0 Å². The van der Waals surface area contributed by atoms with E-state index in [1.165, 1.54) is 0 Å². The summed E-state index contributed by atoms with van der Waals surface area (Å²) in [6, 6.07) is 17.3.